The highest BCUT2D eigenvalue weighted by atomic mass is 35.5. The summed E-state index contributed by atoms with van der Waals surface area (Å²) in [5.74, 6) is 0.443. The van der Waals surface area contributed by atoms with Crippen molar-refractivity contribution in [3.63, 3.8) is 0 Å². The van der Waals surface area contributed by atoms with E-state index >= 15 is 0 Å². The quantitative estimate of drug-likeness (QED) is 0.698. The Morgan fingerprint density at radius 1 is 1.30 bits per heavy atom. The molecule has 1 aromatic rings. The van der Waals surface area contributed by atoms with Crippen LogP contribution in [0.1, 0.15) is 0 Å². The van der Waals surface area contributed by atoms with Gasteiger partial charge in [-0.05, 0) is 12.1 Å². The summed E-state index contributed by atoms with van der Waals surface area (Å²) in [6, 6.07) is 3.23. The molecule has 0 bridgehead atoms. The van der Waals surface area contributed by atoms with Crippen LogP contribution in [0.3, 0.4) is 0 Å². The van der Waals surface area contributed by atoms with E-state index in [0.717, 1.165) is 0 Å². The number of nitrogens with zero attached hydrogens (tertiary/aromatic N) is 1. The Kier molecular flexibility index (Phi) is 2.59. The molecule has 0 saturated heterocycles. The van der Waals surface area contributed by atoms with Gasteiger partial charge in [0.15, 0.2) is 0 Å². The maximum absolute atomic E-state index is 5.03. The molecule has 0 aliphatic heterocycles. The van der Waals surface area contributed by atoms with E-state index in [9.17, 15) is 0 Å². The monoisotopic (exact) mass is 179 g/mol. The van der Waals surface area contributed by atoms with Crippen molar-refractivity contribution in [2.75, 3.05) is 0 Å². The molecule has 0 radical (unpaired) electrons. The van der Waals surface area contributed by atoms with E-state index < -0.39 is 0 Å². The van der Waals surface area contributed by atoms with Crippen LogP contribution in [0.5, 0.6) is 11.6 Å². The molecular weight excluding hydrogens is 177 g/mol. The van der Waals surface area contributed by atoms with Crippen LogP contribution in [0.15, 0.2) is 18.3 Å². The van der Waals surface area contributed by atoms with Crippen molar-refractivity contribution in [1.82, 2.24) is 4.98 Å². The lowest BCUT2D eigenvalue weighted by atomic mass is 10.4. The Morgan fingerprint density at radius 2 is 2.10 bits per heavy atom. The average Bonchev–Trinajstić information content (AvgIpc) is 2.04. The van der Waals surface area contributed by atoms with Crippen LogP contribution in [0.25, 0.3) is 0 Å². The minimum atomic E-state index is 0.152. The molecule has 0 atom stereocenters. The zero-order valence-corrected chi connectivity index (χ0v) is 6.26. The fourth-order valence-corrected chi connectivity index (χ4v) is 0.726. The van der Waals surface area contributed by atoms with E-state index in [4.69, 9.17) is 23.7 Å². The van der Waals surface area contributed by atoms with Crippen molar-refractivity contribution in [3.8, 4) is 11.6 Å². The Morgan fingerprint density at radius 3 is 2.60 bits per heavy atom. The van der Waals surface area contributed by atoms with E-state index in [1.165, 1.54) is 6.20 Å². The lowest BCUT2D eigenvalue weighted by molar-refractivity contribution is 0.525. The Labute approximate surface area is 67.8 Å². The molecule has 0 aromatic carbocycles. The van der Waals surface area contributed by atoms with Gasteiger partial charge in [-0.15, -0.1) is 0 Å². The van der Waals surface area contributed by atoms with Crippen molar-refractivity contribution in [1.29, 1.82) is 0 Å². The largest absolute Gasteiger partial charge is 0.380 e. The van der Waals surface area contributed by atoms with Crippen molar-refractivity contribution in [2.24, 2.45) is 0 Å². The third kappa shape index (κ3) is 1.43. The molecule has 3 nitrogen and oxygen atoms in total. The van der Waals surface area contributed by atoms with Crippen LogP contribution in [0, 0.1) is 0 Å². The lowest BCUT2D eigenvalue weighted by Gasteiger charge is -1.97. The van der Waals surface area contributed by atoms with Gasteiger partial charge >= 0.3 is 0 Å². The molecule has 0 spiro atoms. The zero-order valence-electron chi connectivity index (χ0n) is 4.75. The average molecular weight is 180 g/mol. The van der Waals surface area contributed by atoms with Crippen molar-refractivity contribution in [2.45, 2.75) is 0 Å². The van der Waals surface area contributed by atoms with Gasteiger partial charge in [0.05, 0.1) is 0 Å². The minimum Gasteiger partial charge on any atom is -0.380 e. The molecule has 0 N–H and O–H groups in total. The smallest absolute Gasteiger partial charge is 0.281 e. The normalized spacial score (nSPS) is 9.00. The molecule has 0 aliphatic carbocycles. The number of halogens is 2. The number of hydrogen-bond acceptors (Lipinski definition) is 3. The molecule has 5 heteroatoms. The van der Waals surface area contributed by atoms with Crippen LogP contribution in [-0.2, 0) is 0 Å². The van der Waals surface area contributed by atoms with Gasteiger partial charge in [-0.1, -0.05) is 0 Å². The first-order valence-corrected chi connectivity index (χ1v) is 3.02. The van der Waals surface area contributed by atoms with Crippen LogP contribution in [0.4, 0.5) is 0 Å². The second-order valence-corrected chi connectivity index (χ2v) is 1.77. The zero-order chi connectivity index (χ0) is 7.40. The second kappa shape index (κ2) is 3.49. The first-order chi connectivity index (χ1) is 4.88. The highest BCUT2D eigenvalue weighted by molar-refractivity contribution is 6.10. The number of aromatic nitrogens is 1. The van der Waals surface area contributed by atoms with E-state index in [2.05, 4.69) is 13.6 Å². The molecule has 1 heterocycles. The highest BCUT2D eigenvalue weighted by Crippen LogP contribution is 2.24. The number of pyridine rings is 1. The van der Waals surface area contributed by atoms with E-state index in [-0.39, 0.29) is 5.88 Å². The SMILES string of the molecule is ClOc1cccnc1OCl. The molecule has 0 aliphatic rings. The van der Waals surface area contributed by atoms with Gasteiger partial charge in [-0.2, -0.15) is 0 Å². The number of rotatable bonds is 2. The van der Waals surface area contributed by atoms with Gasteiger partial charge in [0.1, 0.15) is 23.7 Å². The summed E-state index contributed by atoms with van der Waals surface area (Å²) >= 11 is 10.0. The molecule has 1 aromatic heterocycles. The van der Waals surface area contributed by atoms with Gasteiger partial charge in [0.2, 0.25) is 5.75 Å². The molecular formula is C5H3Cl2NO2. The van der Waals surface area contributed by atoms with Crippen LogP contribution in [-0.4, -0.2) is 4.98 Å². The maximum atomic E-state index is 5.03. The third-order valence-corrected chi connectivity index (χ3v) is 1.20. The Bertz CT molecular complexity index is 196. The molecule has 1 rings (SSSR count). The first kappa shape index (κ1) is 7.44. The van der Waals surface area contributed by atoms with E-state index in [1.807, 2.05) is 0 Å². The van der Waals surface area contributed by atoms with Crippen LogP contribution in [0.2, 0.25) is 0 Å². The molecule has 0 saturated carbocycles. The third-order valence-electron chi connectivity index (χ3n) is 0.892. The second-order valence-electron chi connectivity index (χ2n) is 1.46. The van der Waals surface area contributed by atoms with E-state index in [1.54, 1.807) is 12.1 Å². The highest BCUT2D eigenvalue weighted by Gasteiger charge is 2.03. The van der Waals surface area contributed by atoms with Crippen molar-refractivity contribution in [3.05, 3.63) is 18.3 Å². The van der Waals surface area contributed by atoms with Gasteiger partial charge < -0.3 is 8.58 Å². The van der Waals surface area contributed by atoms with Gasteiger partial charge in [0.25, 0.3) is 5.88 Å². The number of hydrogen-bond donors (Lipinski definition) is 0. The standard InChI is InChI=1S/C5H3Cl2NO2/c6-9-4-2-1-3-8-5(4)10-7/h1-3H. The predicted molar refractivity (Wildman–Crippen MR) is 37.2 cm³/mol. The maximum Gasteiger partial charge on any atom is 0.281 e. The fraction of sp³-hybridized carbons (Fsp3) is 0. The fourth-order valence-electron chi connectivity index (χ4n) is 0.493. The molecule has 0 amide bonds. The van der Waals surface area contributed by atoms with Gasteiger partial charge in [-0.25, -0.2) is 4.98 Å². The molecule has 10 heavy (non-hydrogen) atoms. The summed E-state index contributed by atoms with van der Waals surface area (Å²) in [7, 11) is 0. The Balaban J connectivity index is 2.96. The summed E-state index contributed by atoms with van der Waals surface area (Å²) in [6.45, 7) is 0. The summed E-state index contributed by atoms with van der Waals surface area (Å²) in [6.07, 6.45) is 1.51. The van der Waals surface area contributed by atoms with Crippen molar-refractivity contribution >= 4 is 23.7 Å². The van der Waals surface area contributed by atoms with Crippen molar-refractivity contribution < 1.29 is 8.58 Å². The molecule has 0 fully saturated rings. The molecule has 54 valence electrons. The van der Waals surface area contributed by atoms with Gasteiger partial charge in [0, 0.05) is 6.20 Å². The van der Waals surface area contributed by atoms with Crippen LogP contribution >= 0.6 is 23.7 Å². The van der Waals surface area contributed by atoms with Crippen LogP contribution < -0.4 is 8.58 Å². The summed E-state index contributed by atoms with van der Waals surface area (Å²) in [5, 5.41) is 0. The summed E-state index contributed by atoms with van der Waals surface area (Å²) in [4.78, 5) is 3.70. The predicted octanol–water partition coefficient (Wildman–Crippen LogP) is 2.15. The van der Waals surface area contributed by atoms with E-state index in [0.29, 0.717) is 5.75 Å². The summed E-state index contributed by atoms with van der Waals surface area (Å²) < 4.78 is 8.62. The topological polar surface area (TPSA) is 31.4 Å². The first-order valence-electron chi connectivity index (χ1n) is 2.40. The molecule has 0 unspecified atom stereocenters. The lowest BCUT2D eigenvalue weighted by Crippen LogP contribution is -1.84. The minimum absolute atomic E-state index is 0.152. The summed E-state index contributed by atoms with van der Waals surface area (Å²) in [5.41, 5.74) is 0. The Hall–Kier alpha value is -0.670. The van der Waals surface area contributed by atoms with Gasteiger partial charge in [-0.3, -0.25) is 0 Å².